The van der Waals surface area contributed by atoms with Crippen LogP contribution in [0.25, 0.3) is 11.5 Å². The molecular weight excluding hydrogens is 341 g/mol. The maximum absolute atomic E-state index is 13.1. The third-order valence-corrected chi connectivity index (χ3v) is 4.17. The lowest BCUT2D eigenvalue weighted by Gasteiger charge is -2.34. The first-order chi connectivity index (χ1) is 12.7. The van der Waals surface area contributed by atoms with Gasteiger partial charge in [0.25, 0.3) is 5.56 Å². The van der Waals surface area contributed by atoms with Crippen molar-refractivity contribution < 1.29 is 18.4 Å². The molecule has 0 unspecified atom stereocenters. The van der Waals surface area contributed by atoms with Crippen molar-refractivity contribution in [1.82, 2.24) is 15.1 Å². The highest BCUT2D eigenvalue weighted by Crippen LogP contribution is 2.31. The molecule has 134 valence electrons. The van der Waals surface area contributed by atoms with E-state index in [1.807, 2.05) is 0 Å². The van der Waals surface area contributed by atoms with Crippen molar-refractivity contribution in [1.29, 1.82) is 0 Å². The maximum atomic E-state index is 13.1. The first-order valence-electron chi connectivity index (χ1n) is 8.21. The SMILES string of the molecule is O=c1cc(-c2cnc(OC3CC(COc4cccc(F)c4)C3)cn2)o[nH]1. The van der Waals surface area contributed by atoms with Crippen LogP contribution in [0.2, 0.25) is 0 Å². The summed E-state index contributed by atoms with van der Waals surface area (Å²) < 4.78 is 29.4. The molecule has 2 heterocycles. The summed E-state index contributed by atoms with van der Waals surface area (Å²) in [5.41, 5.74) is 0.119. The summed E-state index contributed by atoms with van der Waals surface area (Å²) in [6, 6.07) is 7.42. The number of nitrogens with one attached hydrogen (secondary N) is 1. The van der Waals surface area contributed by atoms with Gasteiger partial charge in [0.2, 0.25) is 5.88 Å². The summed E-state index contributed by atoms with van der Waals surface area (Å²) in [5, 5.41) is 2.20. The van der Waals surface area contributed by atoms with Crippen LogP contribution in [0.15, 0.2) is 52.0 Å². The summed E-state index contributed by atoms with van der Waals surface area (Å²) in [6.07, 6.45) is 4.72. The number of halogens is 1. The van der Waals surface area contributed by atoms with Gasteiger partial charge in [0.1, 0.15) is 23.4 Å². The van der Waals surface area contributed by atoms with Crippen molar-refractivity contribution >= 4 is 0 Å². The molecule has 8 heteroatoms. The van der Waals surface area contributed by atoms with E-state index in [2.05, 4.69) is 15.1 Å². The number of aromatic amines is 1. The van der Waals surface area contributed by atoms with Crippen LogP contribution in [0, 0.1) is 11.7 Å². The Morgan fingerprint density at radius 2 is 2.12 bits per heavy atom. The molecule has 0 aliphatic heterocycles. The standard InChI is InChI=1S/C18H16FN3O4/c19-12-2-1-3-13(6-12)24-10-11-4-14(5-11)25-18-9-20-15(8-21-18)16-7-17(23)22-26-16/h1-3,6-9,11,14H,4-5,10H2,(H,22,23). The molecule has 0 radical (unpaired) electrons. The van der Waals surface area contributed by atoms with E-state index in [4.69, 9.17) is 14.0 Å². The molecule has 1 aliphatic carbocycles. The van der Waals surface area contributed by atoms with Crippen LogP contribution in [0.3, 0.4) is 0 Å². The first-order valence-corrected chi connectivity index (χ1v) is 8.21. The van der Waals surface area contributed by atoms with Crippen molar-refractivity contribution in [3.63, 3.8) is 0 Å². The van der Waals surface area contributed by atoms with Gasteiger partial charge >= 0.3 is 0 Å². The fraction of sp³-hybridized carbons (Fsp3) is 0.278. The molecule has 1 N–H and O–H groups in total. The molecule has 0 saturated heterocycles. The summed E-state index contributed by atoms with van der Waals surface area (Å²) in [7, 11) is 0. The number of benzene rings is 1. The van der Waals surface area contributed by atoms with Gasteiger partial charge in [-0.05, 0) is 30.9 Å². The first kappa shape index (κ1) is 16.3. The lowest BCUT2D eigenvalue weighted by molar-refractivity contribution is 0.0352. The van der Waals surface area contributed by atoms with Crippen LogP contribution in [0.4, 0.5) is 4.39 Å². The van der Waals surface area contributed by atoms with Crippen LogP contribution in [-0.2, 0) is 0 Å². The van der Waals surface area contributed by atoms with Gasteiger partial charge in [-0.3, -0.25) is 4.79 Å². The van der Waals surface area contributed by atoms with Crippen molar-refractivity contribution in [3.8, 4) is 23.1 Å². The predicted molar refractivity (Wildman–Crippen MR) is 89.4 cm³/mol. The van der Waals surface area contributed by atoms with Gasteiger partial charge in [-0.1, -0.05) is 6.07 Å². The second kappa shape index (κ2) is 6.99. The second-order valence-corrected chi connectivity index (χ2v) is 6.16. The van der Waals surface area contributed by atoms with E-state index in [1.165, 1.54) is 30.6 Å². The molecule has 4 rings (SSSR count). The smallest absolute Gasteiger partial charge is 0.280 e. The molecule has 26 heavy (non-hydrogen) atoms. The fourth-order valence-corrected chi connectivity index (χ4v) is 2.76. The largest absolute Gasteiger partial charge is 0.493 e. The minimum atomic E-state index is -0.330. The number of hydrogen-bond acceptors (Lipinski definition) is 6. The molecule has 0 amide bonds. The highest BCUT2D eigenvalue weighted by Gasteiger charge is 2.31. The Hall–Kier alpha value is -3.16. The summed E-state index contributed by atoms with van der Waals surface area (Å²) in [4.78, 5) is 19.4. The quantitative estimate of drug-likeness (QED) is 0.730. The zero-order chi connectivity index (χ0) is 17.9. The number of rotatable bonds is 6. The summed E-state index contributed by atoms with van der Waals surface area (Å²) >= 11 is 0. The van der Waals surface area contributed by atoms with Crippen LogP contribution in [0.5, 0.6) is 11.6 Å². The molecule has 1 aromatic carbocycles. The highest BCUT2D eigenvalue weighted by molar-refractivity contribution is 5.49. The molecule has 7 nitrogen and oxygen atoms in total. The third-order valence-electron chi connectivity index (χ3n) is 4.17. The predicted octanol–water partition coefficient (Wildman–Crippen LogP) is 2.80. The third kappa shape index (κ3) is 3.74. The van der Waals surface area contributed by atoms with Crippen molar-refractivity contribution in [3.05, 3.63) is 58.9 Å². The number of nitrogens with zero attached hydrogens (tertiary/aromatic N) is 2. The Balaban J connectivity index is 1.24. The van der Waals surface area contributed by atoms with E-state index in [-0.39, 0.29) is 17.5 Å². The van der Waals surface area contributed by atoms with Gasteiger partial charge < -0.3 is 14.0 Å². The average molecular weight is 357 g/mol. The van der Waals surface area contributed by atoms with Gasteiger partial charge in [-0.2, -0.15) is 5.16 Å². The normalized spacial score (nSPS) is 19.0. The lowest BCUT2D eigenvalue weighted by Crippen LogP contribution is -2.37. The second-order valence-electron chi connectivity index (χ2n) is 6.16. The molecule has 3 aromatic rings. The minimum Gasteiger partial charge on any atom is -0.493 e. The van der Waals surface area contributed by atoms with Crippen LogP contribution >= 0.6 is 0 Å². The zero-order valence-corrected chi connectivity index (χ0v) is 13.7. The van der Waals surface area contributed by atoms with E-state index < -0.39 is 0 Å². The zero-order valence-electron chi connectivity index (χ0n) is 13.7. The van der Waals surface area contributed by atoms with Crippen LogP contribution < -0.4 is 15.0 Å². The van der Waals surface area contributed by atoms with Gasteiger partial charge in [0.05, 0.1) is 25.1 Å². The number of hydrogen-bond donors (Lipinski definition) is 1. The molecular formula is C18H16FN3O4. The van der Waals surface area contributed by atoms with Gasteiger partial charge in [-0.15, -0.1) is 0 Å². The van der Waals surface area contributed by atoms with Gasteiger partial charge in [0.15, 0.2) is 5.76 Å². The molecule has 1 aliphatic rings. The molecule has 1 fully saturated rings. The Bertz CT molecular complexity index is 932. The summed E-state index contributed by atoms with van der Waals surface area (Å²) in [5.74, 6) is 1.34. The topological polar surface area (TPSA) is 90.2 Å². The Kier molecular flexibility index (Phi) is 4.39. The van der Waals surface area contributed by atoms with Gasteiger partial charge in [-0.25, -0.2) is 14.4 Å². The Morgan fingerprint density at radius 1 is 1.23 bits per heavy atom. The maximum Gasteiger partial charge on any atom is 0.280 e. The van der Waals surface area contributed by atoms with Crippen molar-refractivity contribution in [2.45, 2.75) is 18.9 Å². The number of H-pyrrole nitrogens is 1. The Morgan fingerprint density at radius 3 is 2.81 bits per heavy atom. The average Bonchev–Trinajstić information content (AvgIpc) is 3.04. The fourth-order valence-electron chi connectivity index (χ4n) is 2.76. The van der Waals surface area contributed by atoms with E-state index in [0.29, 0.717) is 35.6 Å². The van der Waals surface area contributed by atoms with Crippen molar-refractivity contribution in [2.75, 3.05) is 6.61 Å². The molecule has 0 atom stereocenters. The summed E-state index contributed by atoms with van der Waals surface area (Å²) in [6.45, 7) is 0.528. The highest BCUT2D eigenvalue weighted by atomic mass is 19.1. The Labute approximate surface area is 147 Å². The minimum absolute atomic E-state index is 0.0569. The number of ether oxygens (including phenoxy) is 2. The van der Waals surface area contributed by atoms with E-state index in [9.17, 15) is 9.18 Å². The molecule has 0 bridgehead atoms. The van der Waals surface area contributed by atoms with E-state index >= 15 is 0 Å². The van der Waals surface area contributed by atoms with E-state index in [0.717, 1.165) is 12.8 Å². The number of aromatic nitrogens is 3. The molecule has 0 spiro atoms. The van der Waals surface area contributed by atoms with Crippen LogP contribution in [-0.4, -0.2) is 27.8 Å². The monoisotopic (exact) mass is 357 g/mol. The molecule has 1 saturated carbocycles. The van der Waals surface area contributed by atoms with Crippen LogP contribution in [0.1, 0.15) is 12.8 Å². The lowest BCUT2D eigenvalue weighted by atomic mass is 9.83. The van der Waals surface area contributed by atoms with Crippen molar-refractivity contribution in [2.24, 2.45) is 5.92 Å². The van der Waals surface area contributed by atoms with E-state index in [1.54, 1.807) is 12.1 Å². The van der Waals surface area contributed by atoms with Gasteiger partial charge in [0, 0.05) is 6.07 Å². The molecule has 2 aromatic heterocycles.